The van der Waals surface area contributed by atoms with Crippen molar-refractivity contribution in [1.82, 2.24) is 15.3 Å². The van der Waals surface area contributed by atoms with Crippen LogP contribution < -0.4 is 20.1 Å². The second-order valence-corrected chi connectivity index (χ2v) is 14.1. The number of hydrogen-bond acceptors (Lipinski definition) is 7. The van der Waals surface area contributed by atoms with Gasteiger partial charge in [-0.05, 0) is 118 Å². The van der Waals surface area contributed by atoms with Crippen LogP contribution in [-0.2, 0) is 9.59 Å². The van der Waals surface area contributed by atoms with Crippen molar-refractivity contribution in [2.24, 2.45) is 0 Å². The van der Waals surface area contributed by atoms with Crippen LogP contribution in [0.3, 0.4) is 0 Å². The number of amides is 1. The van der Waals surface area contributed by atoms with Gasteiger partial charge in [0.25, 0.3) is 0 Å². The summed E-state index contributed by atoms with van der Waals surface area (Å²) >= 11 is 0. The summed E-state index contributed by atoms with van der Waals surface area (Å²) in [5.41, 5.74) is 5.40. The zero-order valence-electron chi connectivity index (χ0n) is 31.2. The lowest BCUT2D eigenvalue weighted by atomic mass is 9.76. The van der Waals surface area contributed by atoms with Crippen LogP contribution in [0.5, 0.6) is 11.5 Å². The Bertz CT molecular complexity index is 2520. The topological polar surface area (TPSA) is 123 Å². The van der Waals surface area contributed by atoms with Crippen molar-refractivity contribution in [3.05, 3.63) is 151 Å². The molecule has 0 spiro atoms. The number of rotatable bonds is 12. The molecule has 1 saturated heterocycles. The van der Waals surface area contributed by atoms with Crippen molar-refractivity contribution in [3.63, 3.8) is 0 Å². The molecule has 7 aromatic rings. The summed E-state index contributed by atoms with van der Waals surface area (Å²) < 4.78 is 12.1. The molecule has 280 valence electrons. The van der Waals surface area contributed by atoms with E-state index in [4.69, 9.17) is 9.47 Å². The number of fused-ring (bicyclic) bond motifs is 2. The molecule has 5 aromatic carbocycles. The van der Waals surface area contributed by atoms with Gasteiger partial charge in [-0.15, -0.1) is 0 Å². The molecule has 3 N–H and O–H groups in total. The summed E-state index contributed by atoms with van der Waals surface area (Å²) in [6.07, 6.45) is 8.90. The predicted octanol–water partition coefficient (Wildman–Crippen LogP) is 9.24. The number of hydrogen-bond donors (Lipinski definition) is 3. The fourth-order valence-electron chi connectivity index (χ4n) is 8.14. The number of methoxy groups -OCH3 is 1. The Morgan fingerprint density at radius 2 is 1.27 bits per heavy atom. The zero-order valence-corrected chi connectivity index (χ0v) is 31.2. The summed E-state index contributed by atoms with van der Waals surface area (Å²) in [7, 11) is 1.58. The van der Waals surface area contributed by atoms with Crippen molar-refractivity contribution in [1.29, 1.82) is 0 Å². The first-order valence-electron chi connectivity index (χ1n) is 18.9. The molecule has 56 heavy (non-hydrogen) atoms. The zero-order chi connectivity index (χ0) is 38.6. The number of ether oxygens (including phenoxy) is 2. The molecule has 0 aliphatic carbocycles. The average Bonchev–Trinajstić information content (AvgIpc) is 3.79. The predicted molar refractivity (Wildman–Crippen MR) is 220 cm³/mol. The summed E-state index contributed by atoms with van der Waals surface area (Å²) in [4.78, 5) is 37.3. The number of carbonyl (C=O) groups is 2. The van der Waals surface area contributed by atoms with Crippen LogP contribution in [0, 0.1) is 0 Å². The molecule has 2 aromatic heterocycles. The highest BCUT2D eigenvalue weighted by Gasteiger charge is 2.39. The Morgan fingerprint density at radius 3 is 1.79 bits per heavy atom. The van der Waals surface area contributed by atoms with Gasteiger partial charge in [0.05, 0.1) is 18.9 Å². The molecule has 4 atom stereocenters. The van der Waals surface area contributed by atoms with Gasteiger partial charge >= 0.3 is 5.97 Å². The van der Waals surface area contributed by atoms with Crippen molar-refractivity contribution >= 4 is 39.1 Å². The smallest absolute Gasteiger partial charge is 0.312 e. The molecular weight excluding hydrogens is 701 g/mol. The number of anilines is 1. The van der Waals surface area contributed by atoms with E-state index in [9.17, 15) is 9.90 Å². The number of carboxylic acid groups (broad SMARTS) is 1. The highest BCUT2D eigenvalue weighted by molar-refractivity contribution is 6.08. The molecule has 0 bridgehead atoms. The number of carbonyl (C=O) groups excluding carboxylic acids is 1. The molecule has 8 rings (SSSR count). The van der Waals surface area contributed by atoms with Crippen LogP contribution in [0.25, 0.3) is 43.8 Å². The van der Waals surface area contributed by atoms with Crippen LogP contribution in [-0.4, -0.2) is 52.8 Å². The number of pyridine rings is 2. The first kappa shape index (κ1) is 36.4. The third kappa shape index (κ3) is 7.17. The highest BCUT2D eigenvalue weighted by atomic mass is 16.5. The second-order valence-electron chi connectivity index (χ2n) is 14.1. The quantitative estimate of drug-likeness (QED) is 0.113. The lowest BCUT2D eigenvalue weighted by molar-refractivity contribution is -0.141. The first-order valence-corrected chi connectivity index (χ1v) is 18.9. The van der Waals surface area contributed by atoms with E-state index in [0.29, 0.717) is 28.3 Å². The average molecular weight is 743 g/mol. The van der Waals surface area contributed by atoms with Crippen LogP contribution in [0.2, 0.25) is 0 Å². The lowest BCUT2D eigenvalue weighted by Crippen LogP contribution is -2.36. The fraction of sp³-hybridized carbons (Fsp3) is 0.191. The van der Waals surface area contributed by atoms with Crippen LogP contribution in [0.15, 0.2) is 140 Å². The minimum Gasteiger partial charge on any atom is -0.493 e. The van der Waals surface area contributed by atoms with Gasteiger partial charge in [0.15, 0.2) is 11.5 Å². The van der Waals surface area contributed by atoms with Gasteiger partial charge in [-0.1, -0.05) is 72.8 Å². The normalized spacial score (nSPS) is 15.6. The largest absolute Gasteiger partial charge is 0.493 e. The van der Waals surface area contributed by atoms with Crippen molar-refractivity contribution in [2.45, 2.75) is 43.7 Å². The maximum atomic E-state index is 15.1. The number of aromatic nitrogens is 2. The Kier molecular flexibility index (Phi) is 10.4. The van der Waals surface area contributed by atoms with Crippen molar-refractivity contribution in [2.75, 3.05) is 19.0 Å². The Morgan fingerprint density at radius 1 is 0.714 bits per heavy atom. The van der Waals surface area contributed by atoms with E-state index in [2.05, 4.69) is 20.6 Å². The molecule has 1 aliphatic rings. The van der Waals surface area contributed by atoms with E-state index in [1.165, 1.54) is 0 Å². The van der Waals surface area contributed by atoms with Gasteiger partial charge in [-0.25, -0.2) is 0 Å². The van der Waals surface area contributed by atoms with E-state index in [-0.39, 0.29) is 12.1 Å². The Labute approximate surface area is 325 Å². The van der Waals surface area contributed by atoms with E-state index >= 15 is 4.79 Å². The first-order chi connectivity index (χ1) is 27.4. The van der Waals surface area contributed by atoms with Gasteiger partial charge in [-0.2, -0.15) is 0 Å². The SMILES string of the molecule is COc1ccc(NC(=O)C(c2ccc(-c3ccncc3)c3ccccc23)C(C(=O)O)c2ccc(-c3ccncc3)c3ccccc23)cc1OC(C)C1CCCN1. The summed E-state index contributed by atoms with van der Waals surface area (Å²) in [6, 6.07) is 36.4. The molecule has 1 amide bonds. The summed E-state index contributed by atoms with van der Waals surface area (Å²) in [5.74, 6) is -3.00. The molecule has 0 radical (unpaired) electrons. The van der Waals surface area contributed by atoms with E-state index in [1.807, 2.05) is 104 Å². The van der Waals surface area contributed by atoms with Crippen LogP contribution in [0.4, 0.5) is 5.69 Å². The van der Waals surface area contributed by atoms with Gasteiger partial charge in [0, 0.05) is 42.6 Å². The third-order valence-corrected chi connectivity index (χ3v) is 10.9. The van der Waals surface area contributed by atoms with Crippen LogP contribution >= 0.6 is 0 Å². The molecule has 9 heteroatoms. The highest BCUT2D eigenvalue weighted by Crippen LogP contribution is 2.44. The number of benzene rings is 5. The van der Waals surface area contributed by atoms with E-state index in [0.717, 1.165) is 63.2 Å². The molecule has 4 unspecified atom stereocenters. The van der Waals surface area contributed by atoms with E-state index < -0.39 is 23.7 Å². The monoisotopic (exact) mass is 742 g/mol. The van der Waals surface area contributed by atoms with Gasteiger partial charge in [-0.3, -0.25) is 19.6 Å². The number of nitrogens with zero attached hydrogens (tertiary/aromatic N) is 2. The maximum absolute atomic E-state index is 15.1. The molecular formula is C47H42N4O5. The Balaban J connectivity index is 1.28. The lowest BCUT2D eigenvalue weighted by Gasteiger charge is -2.28. The minimum absolute atomic E-state index is 0.143. The number of carboxylic acids is 1. The fourth-order valence-corrected chi connectivity index (χ4v) is 8.14. The van der Waals surface area contributed by atoms with Gasteiger partial charge in [0.1, 0.15) is 6.10 Å². The molecule has 0 saturated carbocycles. The molecule has 1 aliphatic heterocycles. The minimum atomic E-state index is -1.27. The molecule has 1 fully saturated rings. The number of nitrogens with one attached hydrogen (secondary N) is 2. The van der Waals surface area contributed by atoms with Crippen molar-refractivity contribution in [3.8, 4) is 33.8 Å². The summed E-state index contributed by atoms with van der Waals surface area (Å²) in [5, 5.41) is 21.2. The third-order valence-electron chi connectivity index (χ3n) is 10.9. The number of aliphatic carboxylic acids is 1. The van der Waals surface area contributed by atoms with E-state index in [1.54, 1.807) is 50.1 Å². The van der Waals surface area contributed by atoms with Gasteiger partial charge in [0.2, 0.25) is 5.91 Å². The molecule has 9 nitrogen and oxygen atoms in total. The van der Waals surface area contributed by atoms with Crippen molar-refractivity contribution < 1.29 is 24.2 Å². The maximum Gasteiger partial charge on any atom is 0.312 e. The molecule has 3 heterocycles. The standard InChI is InChI=1S/C47H42N4O5/c1-29(41-12-7-23-50-41)56-43-28-32(13-18-42(43)55-2)51-46(52)44(39-16-14-33(30-19-24-48-25-20-30)35-8-3-5-10-37(35)39)45(47(53)54)40-17-15-34(31-21-26-49-27-22-31)36-9-4-6-11-38(36)40/h3-6,8-11,13-22,24-29,41,44-45,50H,7,12,23H2,1-2H3,(H,51,52)(H,53,54). The Hall–Kier alpha value is -6.58. The van der Waals surface area contributed by atoms with Gasteiger partial charge < -0.3 is 25.2 Å². The summed E-state index contributed by atoms with van der Waals surface area (Å²) in [6.45, 7) is 2.96. The second kappa shape index (κ2) is 16.0. The van der Waals surface area contributed by atoms with Crippen LogP contribution in [0.1, 0.15) is 42.7 Å².